The molecular formula is C29H44O3Si. The molecule has 1 heterocycles. The Balaban J connectivity index is 1.49. The first-order valence-electron chi connectivity index (χ1n) is 13.2. The predicted molar refractivity (Wildman–Crippen MR) is 136 cm³/mol. The van der Waals surface area contributed by atoms with E-state index < -0.39 is 13.7 Å². The van der Waals surface area contributed by atoms with Crippen molar-refractivity contribution in [1.82, 2.24) is 0 Å². The summed E-state index contributed by atoms with van der Waals surface area (Å²) in [5, 5.41) is 12.1. The Labute approximate surface area is 201 Å². The molecule has 3 saturated carbocycles. The van der Waals surface area contributed by atoms with Gasteiger partial charge in [0.1, 0.15) is 17.1 Å². The Morgan fingerprint density at radius 2 is 1.82 bits per heavy atom. The summed E-state index contributed by atoms with van der Waals surface area (Å²) in [7, 11) is -1.78. The molecule has 4 heteroatoms. The van der Waals surface area contributed by atoms with Crippen molar-refractivity contribution in [2.45, 2.75) is 109 Å². The van der Waals surface area contributed by atoms with Gasteiger partial charge in [0.05, 0.1) is 14.3 Å². The van der Waals surface area contributed by atoms with Gasteiger partial charge in [0.15, 0.2) is 0 Å². The van der Waals surface area contributed by atoms with E-state index in [4.69, 9.17) is 4.42 Å². The number of fused-ring (bicyclic) bond motifs is 5. The smallest absolute Gasteiger partial charge is 0.137 e. The van der Waals surface area contributed by atoms with Gasteiger partial charge in [0, 0.05) is 17.4 Å². The molecule has 5 rings (SSSR count). The number of furan rings is 1. The van der Waals surface area contributed by atoms with Crippen LogP contribution in [0, 0.1) is 28.6 Å². The maximum atomic E-state index is 13.4. The highest BCUT2D eigenvalue weighted by Gasteiger charge is 2.66. The molecule has 0 aliphatic heterocycles. The molecule has 1 aromatic rings. The monoisotopic (exact) mass is 468 g/mol. The van der Waals surface area contributed by atoms with E-state index >= 15 is 0 Å². The van der Waals surface area contributed by atoms with Crippen LogP contribution in [0.15, 0.2) is 34.5 Å². The number of carbonyl (C=O) groups is 1. The number of hydrogen-bond donors (Lipinski definition) is 1. The van der Waals surface area contributed by atoms with E-state index in [-0.39, 0.29) is 21.4 Å². The van der Waals surface area contributed by atoms with Gasteiger partial charge in [0.25, 0.3) is 0 Å². The van der Waals surface area contributed by atoms with Gasteiger partial charge in [0.2, 0.25) is 0 Å². The summed E-state index contributed by atoms with van der Waals surface area (Å²) >= 11 is 0. The summed E-state index contributed by atoms with van der Waals surface area (Å²) in [6.07, 6.45) is 11.0. The Hall–Kier alpha value is -1.13. The van der Waals surface area contributed by atoms with Gasteiger partial charge in [-0.1, -0.05) is 59.4 Å². The zero-order chi connectivity index (χ0) is 24.0. The van der Waals surface area contributed by atoms with Gasteiger partial charge < -0.3 is 9.52 Å². The zero-order valence-electron chi connectivity index (χ0n) is 21.8. The highest BCUT2D eigenvalue weighted by atomic mass is 28.3. The molecule has 0 bridgehead atoms. The molecule has 3 nitrogen and oxygen atoms in total. The second-order valence-corrected chi connectivity index (χ2v) is 19.6. The highest BCUT2D eigenvalue weighted by Crippen LogP contribution is 2.70. The molecule has 0 amide bonds. The minimum atomic E-state index is -1.78. The number of aliphatic hydroxyl groups is 1. The van der Waals surface area contributed by atoms with Crippen LogP contribution in [0.4, 0.5) is 0 Å². The van der Waals surface area contributed by atoms with Crippen LogP contribution in [0.2, 0.25) is 23.7 Å². The lowest BCUT2D eigenvalue weighted by molar-refractivity contribution is -0.139. The van der Waals surface area contributed by atoms with Crippen LogP contribution in [-0.4, -0.2) is 19.0 Å². The first-order valence-corrected chi connectivity index (χ1v) is 16.3. The van der Waals surface area contributed by atoms with E-state index in [9.17, 15) is 9.90 Å². The molecule has 4 aliphatic rings. The lowest BCUT2D eigenvalue weighted by Gasteiger charge is -2.60. The SMILES string of the molecule is CC(C)(C)[Si](C)(C)C1C[C@@]2(C)C(=CC[C@@H]3[C@@H]2CC[C@@]2(C)[C@H]3CCC2(O)c2ccco2)CC1=O. The minimum Gasteiger partial charge on any atom is -0.466 e. The van der Waals surface area contributed by atoms with Crippen molar-refractivity contribution in [3.63, 3.8) is 0 Å². The summed E-state index contributed by atoms with van der Waals surface area (Å²) in [5.41, 5.74) is 0.811. The average Bonchev–Trinajstić information content (AvgIpc) is 3.35. The Kier molecular flexibility index (Phi) is 5.14. The minimum absolute atomic E-state index is 0.129. The Bertz CT molecular complexity index is 969. The van der Waals surface area contributed by atoms with E-state index in [1.807, 2.05) is 12.1 Å². The molecule has 2 unspecified atom stereocenters. The molecule has 0 radical (unpaired) electrons. The number of rotatable bonds is 2. The van der Waals surface area contributed by atoms with Crippen molar-refractivity contribution in [2.24, 2.45) is 28.6 Å². The Morgan fingerprint density at radius 3 is 2.45 bits per heavy atom. The first kappa shape index (κ1) is 23.6. The summed E-state index contributed by atoms with van der Waals surface area (Å²) in [6.45, 7) is 16.8. The average molecular weight is 469 g/mol. The second-order valence-electron chi connectivity index (χ2n) is 14.0. The van der Waals surface area contributed by atoms with Gasteiger partial charge >= 0.3 is 0 Å². The maximum Gasteiger partial charge on any atom is 0.137 e. The number of hydrogen-bond acceptors (Lipinski definition) is 3. The van der Waals surface area contributed by atoms with E-state index in [1.165, 1.54) is 5.57 Å². The van der Waals surface area contributed by atoms with Crippen molar-refractivity contribution in [3.8, 4) is 0 Å². The quantitative estimate of drug-likeness (QED) is 0.361. The van der Waals surface area contributed by atoms with Crippen LogP contribution in [0.25, 0.3) is 0 Å². The van der Waals surface area contributed by atoms with Gasteiger partial charge in [-0.15, -0.1) is 0 Å². The van der Waals surface area contributed by atoms with Crippen LogP contribution >= 0.6 is 0 Å². The van der Waals surface area contributed by atoms with E-state index in [1.54, 1.807) is 6.26 Å². The molecule has 3 fully saturated rings. The molecule has 7 atom stereocenters. The largest absolute Gasteiger partial charge is 0.466 e. The third-order valence-electron chi connectivity index (χ3n) is 11.9. The van der Waals surface area contributed by atoms with E-state index in [0.717, 1.165) is 44.3 Å². The lowest BCUT2D eigenvalue weighted by atomic mass is 9.47. The third kappa shape index (κ3) is 3.05. The summed E-state index contributed by atoms with van der Waals surface area (Å²) in [4.78, 5) is 13.4. The second kappa shape index (κ2) is 7.19. The maximum absolute atomic E-state index is 13.4. The lowest BCUT2D eigenvalue weighted by Crippen LogP contribution is -2.56. The molecule has 0 saturated heterocycles. The molecule has 1 N–H and O–H groups in total. The van der Waals surface area contributed by atoms with Gasteiger partial charge in [-0.3, -0.25) is 4.79 Å². The Morgan fingerprint density at radius 1 is 1.12 bits per heavy atom. The summed E-state index contributed by atoms with van der Waals surface area (Å²) in [5.74, 6) is 2.98. The molecule has 0 spiro atoms. The molecular weight excluding hydrogens is 424 g/mol. The fourth-order valence-corrected chi connectivity index (χ4v) is 11.6. The van der Waals surface area contributed by atoms with Crippen molar-refractivity contribution in [1.29, 1.82) is 0 Å². The number of Topliss-reactive ketones (excluding diaryl/α,β-unsaturated/α-hetero) is 1. The molecule has 4 aliphatic carbocycles. The van der Waals surface area contributed by atoms with Crippen LogP contribution < -0.4 is 0 Å². The number of allylic oxidation sites excluding steroid dienone is 2. The van der Waals surface area contributed by atoms with Crippen molar-refractivity contribution in [2.75, 3.05) is 0 Å². The molecule has 182 valence electrons. The van der Waals surface area contributed by atoms with Crippen molar-refractivity contribution in [3.05, 3.63) is 35.8 Å². The fourth-order valence-electron chi connectivity index (χ4n) is 8.68. The van der Waals surface area contributed by atoms with E-state index in [2.05, 4.69) is 53.8 Å². The standard InChI is InChI=1S/C29H44O3Si/c1-26(2,3)33(6,7)24-18-27(4)19(17-23(24)30)10-11-20-21(27)12-14-28(5)22(20)13-15-29(28,31)25-9-8-16-32-25/h8-10,16,20-22,24,31H,11-15,17-18H2,1-7H3/t20-,21+,22+,24?,27+,28+,29?/m1/s1. The first-order chi connectivity index (χ1) is 15.3. The molecule has 33 heavy (non-hydrogen) atoms. The van der Waals surface area contributed by atoms with Gasteiger partial charge in [-0.2, -0.15) is 0 Å². The normalized spacial score (nSPS) is 43.5. The highest BCUT2D eigenvalue weighted by molar-refractivity contribution is 6.84. The van der Waals surface area contributed by atoms with Crippen molar-refractivity contribution < 1.29 is 14.3 Å². The third-order valence-corrected chi connectivity index (χ3v) is 18.0. The zero-order valence-corrected chi connectivity index (χ0v) is 22.8. The molecule has 1 aromatic heterocycles. The number of carbonyl (C=O) groups excluding carboxylic acids is 1. The van der Waals surface area contributed by atoms with Gasteiger partial charge in [-0.05, 0) is 78.9 Å². The number of ketones is 1. The van der Waals surface area contributed by atoms with Crippen LogP contribution in [0.3, 0.4) is 0 Å². The van der Waals surface area contributed by atoms with Crippen molar-refractivity contribution >= 4 is 13.9 Å². The summed E-state index contributed by atoms with van der Waals surface area (Å²) < 4.78 is 5.78. The fraction of sp³-hybridized carbons (Fsp3) is 0.759. The molecule has 0 aromatic carbocycles. The summed E-state index contributed by atoms with van der Waals surface area (Å²) in [6, 6.07) is 3.88. The van der Waals surface area contributed by atoms with Crippen LogP contribution in [0.1, 0.15) is 85.3 Å². The topological polar surface area (TPSA) is 50.4 Å². The predicted octanol–water partition coefficient (Wildman–Crippen LogP) is 7.49. The van der Waals surface area contributed by atoms with Crippen LogP contribution in [-0.2, 0) is 10.4 Å². The van der Waals surface area contributed by atoms with E-state index in [0.29, 0.717) is 30.0 Å². The van der Waals surface area contributed by atoms with Gasteiger partial charge in [-0.25, -0.2) is 0 Å². The van der Waals surface area contributed by atoms with Crippen LogP contribution in [0.5, 0.6) is 0 Å².